The van der Waals surface area contributed by atoms with E-state index in [4.69, 9.17) is 15.0 Å². The summed E-state index contributed by atoms with van der Waals surface area (Å²) in [6.07, 6.45) is -0.0120. The predicted octanol–water partition coefficient (Wildman–Crippen LogP) is 2.33. The zero-order chi connectivity index (χ0) is 18.9. The van der Waals surface area contributed by atoms with Gasteiger partial charge in [0.05, 0.1) is 4.90 Å². The van der Waals surface area contributed by atoms with Crippen molar-refractivity contribution in [3.8, 4) is 0 Å². The van der Waals surface area contributed by atoms with Crippen molar-refractivity contribution in [3.63, 3.8) is 0 Å². The first kappa shape index (κ1) is 22.2. The van der Waals surface area contributed by atoms with E-state index in [1.165, 1.54) is 12.1 Å². The molecule has 1 aromatic carbocycles. The van der Waals surface area contributed by atoms with Crippen LogP contribution in [0.3, 0.4) is 0 Å². The van der Waals surface area contributed by atoms with Gasteiger partial charge in [0.15, 0.2) is 11.4 Å². The Morgan fingerprint density at radius 1 is 1.42 bits per heavy atom. The first-order valence-corrected chi connectivity index (χ1v) is 8.79. The summed E-state index contributed by atoms with van der Waals surface area (Å²) >= 11 is 3.78. The summed E-state index contributed by atoms with van der Waals surface area (Å²) in [6.45, 7) is 8.69. The third-order valence-electron chi connectivity index (χ3n) is 2.54. The van der Waals surface area contributed by atoms with Gasteiger partial charge in [-0.25, -0.2) is 9.79 Å². The molecule has 24 heavy (non-hydrogen) atoms. The van der Waals surface area contributed by atoms with E-state index in [1.54, 1.807) is 19.1 Å². The SMILES string of the molecule is C=C(C)C(=O)OC(CC)/N=C(/N)S.Cc1ccc(S(=O)(=O)O)cc1. The van der Waals surface area contributed by atoms with Crippen molar-refractivity contribution in [2.75, 3.05) is 0 Å². The van der Waals surface area contributed by atoms with Gasteiger partial charge in [-0.05, 0) is 26.0 Å². The van der Waals surface area contributed by atoms with E-state index in [1.807, 2.05) is 13.8 Å². The lowest BCUT2D eigenvalue weighted by molar-refractivity contribution is -0.143. The Balaban J connectivity index is 0.000000446. The molecule has 0 aromatic heterocycles. The van der Waals surface area contributed by atoms with Crippen molar-refractivity contribution >= 4 is 33.9 Å². The van der Waals surface area contributed by atoms with Crippen LogP contribution in [0, 0.1) is 6.92 Å². The number of carbonyl (C=O) groups excluding carboxylic acids is 1. The maximum atomic E-state index is 11.0. The molecule has 0 spiro atoms. The maximum Gasteiger partial charge on any atom is 0.335 e. The minimum atomic E-state index is -4.02. The van der Waals surface area contributed by atoms with Crippen molar-refractivity contribution in [2.24, 2.45) is 10.7 Å². The molecule has 3 N–H and O–H groups in total. The van der Waals surface area contributed by atoms with Crippen LogP contribution in [0.15, 0.2) is 46.3 Å². The number of ether oxygens (including phenoxy) is 1. The standard InChI is InChI=1S/C8H14N2O2S.C7H8O3S/c1-4-6(10-8(9)13)12-7(11)5(2)3;1-6-2-4-7(5-3-6)11(8,9)10/h6H,2,4H2,1,3H3,(H3,9,10,13);2-5H,1H3,(H,8,9,10). The number of hydrogen-bond acceptors (Lipinski definition) is 5. The molecule has 1 unspecified atom stereocenters. The molecule has 7 nitrogen and oxygen atoms in total. The Morgan fingerprint density at radius 3 is 2.25 bits per heavy atom. The number of benzene rings is 1. The molecule has 1 atom stereocenters. The van der Waals surface area contributed by atoms with E-state index < -0.39 is 22.3 Å². The van der Waals surface area contributed by atoms with Gasteiger partial charge in [0.2, 0.25) is 0 Å². The summed E-state index contributed by atoms with van der Waals surface area (Å²) < 4.78 is 34.5. The number of nitrogens with two attached hydrogens (primary N) is 1. The second-order valence-electron chi connectivity index (χ2n) is 4.82. The fourth-order valence-corrected chi connectivity index (χ4v) is 1.89. The highest BCUT2D eigenvalue weighted by atomic mass is 32.2. The minimum absolute atomic E-state index is 0.0666. The number of amidine groups is 1. The minimum Gasteiger partial charge on any atom is -0.436 e. The van der Waals surface area contributed by atoms with Gasteiger partial charge in [0, 0.05) is 12.0 Å². The quantitative estimate of drug-likeness (QED) is 0.182. The van der Waals surface area contributed by atoms with Crippen LogP contribution in [0.25, 0.3) is 0 Å². The summed E-state index contributed by atoms with van der Waals surface area (Å²) in [7, 11) is -4.02. The summed E-state index contributed by atoms with van der Waals surface area (Å²) in [5, 5.41) is 0.0985. The number of aliphatic imine (C=N–C) groups is 1. The van der Waals surface area contributed by atoms with Crippen LogP contribution >= 0.6 is 12.6 Å². The van der Waals surface area contributed by atoms with Crippen molar-refractivity contribution in [1.29, 1.82) is 0 Å². The van der Waals surface area contributed by atoms with Gasteiger partial charge < -0.3 is 10.5 Å². The number of aryl methyl sites for hydroxylation is 1. The maximum absolute atomic E-state index is 11.0. The van der Waals surface area contributed by atoms with Gasteiger partial charge in [-0.3, -0.25) is 4.55 Å². The molecule has 1 aromatic rings. The lowest BCUT2D eigenvalue weighted by Crippen LogP contribution is -2.18. The number of esters is 1. The molecule has 0 radical (unpaired) electrons. The normalized spacial score (nSPS) is 12.6. The average molecular weight is 374 g/mol. The fourth-order valence-electron chi connectivity index (χ4n) is 1.28. The zero-order valence-corrected chi connectivity index (χ0v) is 15.5. The highest BCUT2D eigenvalue weighted by Crippen LogP contribution is 2.08. The number of carbonyl (C=O) groups is 1. The third-order valence-corrected chi connectivity index (χ3v) is 3.52. The lowest BCUT2D eigenvalue weighted by atomic mass is 10.2. The predicted molar refractivity (Wildman–Crippen MR) is 96.6 cm³/mol. The molecule has 0 saturated heterocycles. The largest absolute Gasteiger partial charge is 0.436 e. The monoisotopic (exact) mass is 374 g/mol. The molecule has 0 fully saturated rings. The number of rotatable bonds is 5. The Bertz CT molecular complexity index is 693. The molecule has 0 amide bonds. The van der Waals surface area contributed by atoms with Gasteiger partial charge in [-0.15, -0.1) is 12.6 Å². The van der Waals surface area contributed by atoms with Crippen LogP contribution in [0.5, 0.6) is 0 Å². The lowest BCUT2D eigenvalue weighted by Gasteiger charge is -2.11. The molecule has 134 valence electrons. The molecular weight excluding hydrogens is 352 g/mol. The first-order valence-electron chi connectivity index (χ1n) is 6.90. The van der Waals surface area contributed by atoms with Crippen molar-refractivity contribution in [2.45, 2.75) is 38.3 Å². The van der Waals surface area contributed by atoms with Gasteiger partial charge >= 0.3 is 5.97 Å². The Hall–Kier alpha value is -1.84. The Morgan fingerprint density at radius 2 is 1.92 bits per heavy atom. The summed E-state index contributed by atoms with van der Waals surface area (Å²) in [6, 6.07) is 5.99. The molecule has 0 aliphatic carbocycles. The average Bonchev–Trinajstić information content (AvgIpc) is 2.46. The van der Waals surface area contributed by atoms with Crippen LogP contribution < -0.4 is 5.73 Å². The molecule has 0 aliphatic heterocycles. The summed E-state index contributed by atoms with van der Waals surface area (Å²) in [4.78, 5) is 14.8. The fraction of sp³-hybridized carbons (Fsp3) is 0.333. The molecule has 0 aliphatic rings. The van der Waals surface area contributed by atoms with E-state index >= 15 is 0 Å². The second kappa shape index (κ2) is 10.1. The van der Waals surface area contributed by atoms with Crippen LogP contribution in [0.1, 0.15) is 25.8 Å². The molecule has 0 bridgehead atoms. The smallest absolute Gasteiger partial charge is 0.335 e. The van der Waals surface area contributed by atoms with Gasteiger partial charge in [0.1, 0.15) is 0 Å². The van der Waals surface area contributed by atoms with Gasteiger partial charge in [-0.1, -0.05) is 31.2 Å². The second-order valence-corrected chi connectivity index (χ2v) is 6.70. The highest BCUT2D eigenvalue weighted by molar-refractivity contribution is 7.96. The van der Waals surface area contributed by atoms with E-state index in [0.717, 1.165) is 5.56 Å². The number of thiol groups is 1. The van der Waals surface area contributed by atoms with Crippen molar-refractivity contribution in [1.82, 2.24) is 0 Å². The number of nitrogens with zero attached hydrogens (tertiary/aromatic N) is 1. The van der Waals surface area contributed by atoms with Crippen molar-refractivity contribution in [3.05, 3.63) is 42.0 Å². The Kier molecular flexibility index (Phi) is 9.34. The van der Waals surface area contributed by atoms with Gasteiger partial charge in [-0.2, -0.15) is 8.42 Å². The molecule has 9 heteroatoms. The van der Waals surface area contributed by atoms with Crippen molar-refractivity contribution < 1.29 is 22.5 Å². The molecular formula is C15H22N2O5S2. The van der Waals surface area contributed by atoms with Gasteiger partial charge in [0.25, 0.3) is 10.1 Å². The van der Waals surface area contributed by atoms with E-state index in [9.17, 15) is 13.2 Å². The summed E-state index contributed by atoms with van der Waals surface area (Å²) in [5.74, 6) is -0.467. The van der Waals surface area contributed by atoms with E-state index in [2.05, 4.69) is 24.2 Å². The zero-order valence-electron chi connectivity index (χ0n) is 13.8. The van der Waals surface area contributed by atoms with Crippen LogP contribution in [0.4, 0.5) is 0 Å². The topological polar surface area (TPSA) is 119 Å². The van der Waals surface area contributed by atoms with Crippen LogP contribution in [0.2, 0.25) is 0 Å². The highest BCUT2D eigenvalue weighted by Gasteiger charge is 2.11. The van der Waals surface area contributed by atoms with E-state index in [0.29, 0.717) is 12.0 Å². The molecule has 0 heterocycles. The Labute approximate surface area is 147 Å². The van der Waals surface area contributed by atoms with Crippen LogP contribution in [-0.2, 0) is 19.6 Å². The molecule has 1 rings (SSSR count). The molecule has 0 saturated carbocycles. The summed E-state index contributed by atoms with van der Waals surface area (Å²) in [5.41, 5.74) is 6.52. The number of hydrogen-bond donors (Lipinski definition) is 3. The van der Waals surface area contributed by atoms with Crippen LogP contribution in [-0.4, -0.2) is 30.3 Å². The van der Waals surface area contributed by atoms with E-state index in [-0.39, 0.29) is 10.1 Å². The first-order chi connectivity index (χ1) is 11.0. The third kappa shape index (κ3) is 9.33.